The van der Waals surface area contributed by atoms with E-state index in [0.29, 0.717) is 34.7 Å². The van der Waals surface area contributed by atoms with Crippen LogP contribution in [0, 0.1) is 17.5 Å². The summed E-state index contributed by atoms with van der Waals surface area (Å²) in [7, 11) is 0. The van der Waals surface area contributed by atoms with Crippen molar-refractivity contribution >= 4 is 11.7 Å². The Balaban J connectivity index is 1.54. The number of nitrogens with zero attached hydrogens (tertiary/aromatic N) is 3. The molecule has 0 saturated heterocycles. The molecule has 5 rings (SSSR count). The molecule has 0 radical (unpaired) electrons. The van der Waals surface area contributed by atoms with Crippen LogP contribution in [0.25, 0.3) is 11.1 Å². The fourth-order valence-corrected chi connectivity index (χ4v) is 5.46. The number of nitrogens with two attached hydrogens (primary N) is 1. The molecule has 230 valence electrons. The van der Waals surface area contributed by atoms with Gasteiger partial charge in [0.1, 0.15) is 35.4 Å². The molecule has 1 amide bonds. The summed E-state index contributed by atoms with van der Waals surface area (Å²) in [6.45, 7) is -0.759. The number of ketones is 1. The molecule has 0 bridgehead atoms. The number of carbonyl (C=O) groups excluding carboxylic acids is 2. The Kier molecular flexibility index (Phi) is 8.84. The zero-order chi connectivity index (χ0) is 31.7. The Morgan fingerprint density at radius 1 is 0.932 bits per heavy atom. The van der Waals surface area contributed by atoms with Gasteiger partial charge in [0.05, 0.1) is 11.3 Å². The number of halogens is 7. The number of benzene rings is 2. The predicted molar refractivity (Wildman–Crippen MR) is 145 cm³/mol. The molecule has 4 aromatic rings. The van der Waals surface area contributed by atoms with Crippen LogP contribution in [0.1, 0.15) is 82.5 Å². The lowest BCUT2D eigenvalue weighted by molar-refractivity contribution is -0.120. The summed E-state index contributed by atoms with van der Waals surface area (Å²) < 4.78 is 98.6. The van der Waals surface area contributed by atoms with Crippen molar-refractivity contribution in [3.63, 3.8) is 0 Å². The molecular weight excluding hydrogens is 593 g/mol. The van der Waals surface area contributed by atoms with Gasteiger partial charge in [-0.25, -0.2) is 30.7 Å². The highest BCUT2D eigenvalue weighted by Gasteiger charge is 2.38. The fraction of sp³-hybridized carbons (Fsp3) is 0.290. The predicted octanol–water partition coefficient (Wildman–Crippen LogP) is 7.20. The van der Waals surface area contributed by atoms with Crippen molar-refractivity contribution in [2.24, 2.45) is 5.73 Å². The smallest absolute Gasteiger partial charge is 0.282 e. The molecule has 2 aromatic carbocycles. The number of aromatic nitrogens is 3. The summed E-state index contributed by atoms with van der Waals surface area (Å²) >= 11 is 0. The minimum Gasteiger partial charge on any atom is -0.366 e. The van der Waals surface area contributed by atoms with Crippen LogP contribution in [0.2, 0.25) is 0 Å². The van der Waals surface area contributed by atoms with Gasteiger partial charge in [-0.05, 0) is 66.6 Å². The lowest BCUT2D eigenvalue weighted by atomic mass is 9.86. The van der Waals surface area contributed by atoms with E-state index >= 15 is 0 Å². The van der Waals surface area contributed by atoms with Gasteiger partial charge in [-0.15, -0.1) is 0 Å². The first-order valence-corrected chi connectivity index (χ1v) is 13.6. The minimum absolute atomic E-state index is 0.148. The molecule has 0 aliphatic heterocycles. The third-order valence-electron chi connectivity index (χ3n) is 7.43. The standard InChI is InChI=1S/C31H25F7N4O2/c32-19-9-15(10-20(33)13-19)8-18(26-22(2-1-7-40-26)17-5-6-24(34)23(12-17)31(39)44)11-21(43)14-42-28(30(37)38)25(16-3-4-16)27(41-42)29(35)36/h1-2,5-7,9-10,12-13,16,18,29-30H,3-4,8,11,14H2,(H2,39,44)/t18-/m1/s1. The largest absolute Gasteiger partial charge is 0.366 e. The van der Waals surface area contributed by atoms with Crippen molar-refractivity contribution < 1.29 is 40.3 Å². The second-order valence-corrected chi connectivity index (χ2v) is 10.6. The summed E-state index contributed by atoms with van der Waals surface area (Å²) in [6.07, 6.45) is -4.55. The fourth-order valence-electron chi connectivity index (χ4n) is 5.46. The van der Waals surface area contributed by atoms with Gasteiger partial charge in [0.2, 0.25) is 0 Å². The van der Waals surface area contributed by atoms with E-state index in [0.717, 1.165) is 18.2 Å². The van der Waals surface area contributed by atoms with Crippen molar-refractivity contribution in [1.29, 1.82) is 0 Å². The van der Waals surface area contributed by atoms with Crippen LogP contribution in [0.5, 0.6) is 0 Å². The number of rotatable bonds is 12. The number of carbonyl (C=O) groups is 2. The van der Waals surface area contributed by atoms with Crippen molar-refractivity contribution in [3.8, 4) is 11.1 Å². The van der Waals surface area contributed by atoms with E-state index < -0.39 is 83.7 Å². The van der Waals surface area contributed by atoms with Crippen LogP contribution < -0.4 is 5.73 Å². The molecule has 1 aliphatic carbocycles. The van der Waals surface area contributed by atoms with E-state index in [-0.39, 0.29) is 23.2 Å². The third-order valence-corrected chi connectivity index (χ3v) is 7.43. The van der Waals surface area contributed by atoms with Gasteiger partial charge in [0, 0.05) is 35.7 Å². The number of amides is 1. The first-order valence-electron chi connectivity index (χ1n) is 13.6. The van der Waals surface area contributed by atoms with Gasteiger partial charge in [-0.2, -0.15) is 5.10 Å². The summed E-state index contributed by atoms with van der Waals surface area (Å²) in [4.78, 5) is 29.6. The van der Waals surface area contributed by atoms with Crippen molar-refractivity contribution in [3.05, 3.63) is 106 Å². The monoisotopic (exact) mass is 618 g/mol. The molecule has 2 aromatic heterocycles. The summed E-state index contributed by atoms with van der Waals surface area (Å²) in [5.41, 5.74) is 4.15. The normalized spacial score (nSPS) is 13.9. The molecular formula is C31H25F7N4O2. The maximum atomic E-state index is 14.2. The molecule has 0 unspecified atom stereocenters. The molecule has 1 saturated carbocycles. The van der Waals surface area contributed by atoms with Crippen molar-refractivity contribution in [1.82, 2.24) is 14.8 Å². The van der Waals surface area contributed by atoms with Gasteiger partial charge in [-0.1, -0.05) is 12.1 Å². The lowest BCUT2D eigenvalue weighted by Gasteiger charge is -2.20. The van der Waals surface area contributed by atoms with E-state index in [1.54, 1.807) is 6.07 Å². The molecule has 13 heteroatoms. The molecule has 1 aliphatic rings. The Labute approximate surface area is 246 Å². The van der Waals surface area contributed by atoms with Gasteiger partial charge >= 0.3 is 0 Å². The number of pyridine rings is 1. The first-order chi connectivity index (χ1) is 20.9. The Hall–Kier alpha value is -4.55. The maximum absolute atomic E-state index is 14.2. The minimum atomic E-state index is -3.16. The van der Waals surface area contributed by atoms with Gasteiger partial charge in [0.15, 0.2) is 5.78 Å². The molecule has 0 spiro atoms. The SMILES string of the molecule is NC(=O)c1cc(-c2cccnc2[C@@H](CC(=O)Cn2nc(C(F)F)c(C3CC3)c2C(F)F)Cc2cc(F)cc(F)c2)ccc1F. The van der Waals surface area contributed by atoms with Crippen LogP contribution in [0.15, 0.2) is 54.7 Å². The van der Waals surface area contributed by atoms with Gasteiger partial charge in [0.25, 0.3) is 18.8 Å². The molecule has 2 N–H and O–H groups in total. The van der Waals surface area contributed by atoms with Crippen LogP contribution in [0.4, 0.5) is 30.7 Å². The van der Waals surface area contributed by atoms with E-state index in [2.05, 4.69) is 10.1 Å². The molecule has 44 heavy (non-hydrogen) atoms. The Morgan fingerprint density at radius 2 is 1.64 bits per heavy atom. The highest BCUT2D eigenvalue weighted by Crippen LogP contribution is 2.47. The van der Waals surface area contributed by atoms with Crippen LogP contribution >= 0.6 is 0 Å². The van der Waals surface area contributed by atoms with E-state index in [9.17, 15) is 40.3 Å². The van der Waals surface area contributed by atoms with E-state index in [1.165, 1.54) is 24.4 Å². The Morgan fingerprint density at radius 3 is 2.25 bits per heavy atom. The molecule has 1 atom stereocenters. The quantitative estimate of drug-likeness (QED) is 0.170. The van der Waals surface area contributed by atoms with Crippen LogP contribution in [0.3, 0.4) is 0 Å². The topological polar surface area (TPSA) is 90.9 Å². The average molecular weight is 619 g/mol. The van der Waals surface area contributed by atoms with Gasteiger partial charge < -0.3 is 5.73 Å². The number of hydrogen-bond acceptors (Lipinski definition) is 4. The van der Waals surface area contributed by atoms with Crippen molar-refractivity contribution in [2.75, 3.05) is 0 Å². The number of Topliss-reactive ketones (excluding diaryl/α,β-unsaturated/α-hetero) is 1. The zero-order valence-electron chi connectivity index (χ0n) is 22.9. The van der Waals surface area contributed by atoms with Gasteiger partial charge in [-0.3, -0.25) is 19.3 Å². The third kappa shape index (κ3) is 6.66. The van der Waals surface area contributed by atoms with E-state index in [1.807, 2.05) is 0 Å². The second-order valence-electron chi connectivity index (χ2n) is 10.6. The first kappa shape index (κ1) is 30.9. The lowest BCUT2D eigenvalue weighted by Crippen LogP contribution is -2.19. The highest BCUT2D eigenvalue weighted by atomic mass is 19.3. The molecule has 6 nitrogen and oxygen atoms in total. The number of alkyl halides is 4. The molecule has 2 heterocycles. The summed E-state index contributed by atoms with van der Waals surface area (Å²) in [5.74, 6) is -5.74. The van der Waals surface area contributed by atoms with Crippen LogP contribution in [-0.2, 0) is 17.8 Å². The number of hydrogen-bond donors (Lipinski definition) is 1. The molecule has 1 fully saturated rings. The summed E-state index contributed by atoms with van der Waals surface area (Å²) in [6, 6.07) is 9.48. The second kappa shape index (κ2) is 12.6. The van der Waals surface area contributed by atoms with E-state index in [4.69, 9.17) is 5.73 Å². The average Bonchev–Trinajstić information content (AvgIpc) is 3.72. The number of primary amides is 1. The Bertz CT molecular complexity index is 1700. The van der Waals surface area contributed by atoms with Crippen LogP contribution in [-0.4, -0.2) is 26.5 Å². The maximum Gasteiger partial charge on any atom is 0.282 e. The zero-order valence-corrected chi connectivity index (χ0v) is 22.9. The summed E-state index contributed by atoms with van der Waals surface area (Å²) in [5, 5.41) is 3.69. The highest BCUT2D eigenvalue weighted by molar-refractivity contribution is 5.94. The van der Waals surface area contributed by atoms with Crippen molar-refractivity contribution in [2.45, 2.75) is 56.9 Å².